The first-order chi connectivity index (χ1) is 16.5. The topological polar surface area (TPSA) is 296 Å². The van der Waals surface area contributed by atoms with Crippen LogP contribution in [-0.2, 0) is 19.2 Å². The van der Waals surface area contributed by atoms with Crippen LogP contribution in [0.2, 0.25) is 0 Å². The number of halogens is 3. The number of nitrogens with zero attached hydrogens (tertiary/aromatic N) is 2. The van der Waals surface area contributed by atoms with Gasteiger partial charge in [-0.2, -0.15) is 0 Å². The van der Waals surface area contributed by atoms with Crippen molar-refractivity contribution in [1.29, 1.82) is 0 Å². The van der Waals surface area contributed by atoms with Crippen molar-refractivity contribution in [1.82, 2.24) is 5.32 Å². The maximum absolute atomic E-state index is 11.3. The van der Waals surface area contributed by atoms with Crippen LogP contribution in [0.25, 0.3) is 0 Å². The molecule has 0 aromatic heterocycles. The zero-order valence-corrected chi connectivity index (χ0v) is 27.0. The van der Waals surface area contributed by atoms with Crippen molar-refractivity contribution in [2.45, 2.75) is 67.5 Å². The molecule has 0 aliphatic rings. The van der Waals surface area contributed by atoms with Crippen molar-refractivity contribution in [3.63, 3.8) is 0 Å². The van der Waals surface area contributed by atoms with E-state index >= 15 is 0 Å². The van der Waals surface area contributed by atoms with Crippen molar-refractivity contribution in [3.05, 3.63) is 0 Å². The summed E-state index contributed by atoms with van der Waals surface area (Å²) in [6.07, 6.45) is 1.41. The molecule has 14 N–H and O–H groups in total. The van der Waals surface area contributed by atoms with Crippen molar-refractivity contribution in [3.8, 4) is 0 Å². The third-order valence-electron chi connectivity index (χ3n) is 3.91. The van der Waals surface area contributed by atoms with E-state index < -0.39 is 30.0 Å². The molecule has 0 saturated heterocycles. The van der Waals surface area contributed by atoms with Crippen LogP contribution < -0.4 is 47.2 Å². The Bertz CT molecular complexity index is 712. The Balaban J connectivity index is -0.000000100. The van der Waals surface area contributed by atoms with E-state index in [4.69, 9.17) is 44.0 Å². The molecule has 230 valence electrons. The van der Waals surface area contributed by atoms with Gasteiger partial charge in [0.15, 0.2) is 11.9 Å². The fourth-order valence-corrected chi connectivity index (χ4v) is 1.21. The number of carboxylic acid groups (broad SMARTS) is 3. The van der Waals surface area contributed by atoms with Gasteiger partial charge in [-0.15, -0.1) is 0 Å². The number of carbonyl (C=O) groups excluding carboxylic acids is 1. The van der Waals surface area contributed by atoms with Gasteiger partial charge in [-0.05, 0) is 12.8 Å². The number of nitrogens with two attached hydrogens (primary N) is 5. The number of carboxylic acids is 3. The third kappa shape index (κ3) is 36.9. The molecule has 4 unspecified atom stereocenters. The fraction of sp³-hybridized carbons (Fsp3) is 0.700. The zero-order valence-electron chi connectivity index (χ0n) is 20.5. The summed E-state index contributed by atoms with van der Waals surface area (Å²) >= 11 is 5.30. The standard InChI is InChI=1S/C9H18N4O3.C5H10O2.C4H10N4O2.2CH4.I3/c1-3-5(2)7(14)13-9(11)12-4-6(10)8(15)16;1-3-4(2)5(6)7;5-2(3(9)10)1-8-4(6)7;;;1-3-2/h5-6H,3-4,10H2,1-2H3,(H,15,16)(H3,11,12,13,14);4H,3H2,1-2H3,(H,6,7);2H,1,5H2,(H,9,10)(H4,6,7,8);2*1H4;/q;;;;;-1. The van der Waals surface area contributed by atoms with Crippen LogP contribution in [0.4, 0.5) is 0 Å². The Labute approximate surface area is 255 Å². The first kappa shape index (κ1) is 49.7. The minimum atomic E-state index is -1.16. The molecule has 0 spiro atoms. The van der Waals surface area contributed by atoms with Gasteiger partial charge in [0.1, 0.15) is 12.1 Å². The molecule has 0 aromatic carbocycles. The molecule has 0 bridgehead atoms. The number of nitrogens with one attached hydrogen (secondary N) is 1. The second-order valence-corrected chi connectivity index (χ2v) is 23.1. The van der Waals surface area contributed by atoms with Crippen molar-refractivity contribution < 1.29 is 47.8 Å². The molecular weight excluding hydrogens is 845 g/mol. The van der Waals surface area contributed by atoms with Crippen molar-refractivity contribution >= 4 is 73.0 Å². The van der Waals surface area contributed by atoms with Crippen LogP contribution in [-0.4, -0.2) is 76.2 Å². The van der Waals surface area contributed by atoms with Gasteiger partial charge in [0.05, 0.1) is 19.0 Å². The van der Waals surface area contributed by atoms with Crippen LogP contribution in [0, 0.1) is 11.8 Å². The molecule has 15 nitrogen and oxygen atoms in total. The Morgan fingerprint density at radius 3 is 1.37 bits per heavy atom. The predicted molar refractivity (Wildman–Crippen MR) is 165 cm³/mol. The maximum Gasteiger partial charge on any atom is 0.322 e. The molecule has 0 aromatic rings. The summed E-state index contributed by atoms with van der Waals surface area (Å²) in [7, 11) is 0. The number of aliphatic imine (C=N–C) groups is 2. The molecule has 1 amide bonds. The quantitative estimate of drug-likeness (QED) is 0.0637. The van der Waals surface area contributed by atoms with Crippen LogP contribution in [0.1, 0.15) is 55.4 Å². The molecule has 0 heterocycles. The van der Waals surface area contributed by atoms with Crippen LogP contribution in [0.15, 0.2) is 9.98 Å². The fourth-order valence-electron chi connectivity index (χ4n) is 1.21. The SMILES string of the molecule is C.C.CCC(C)C(=O)NC(N)=NCC(N)C(=O)O.CCC(C)C(=O)O.I[I-]I.NC(N)=NCC(N)C(=O)O. The summed E-state index contributed by atoms with van der Waals surface area (Å²) in [5.74, 6) is -3.84. The summed E-state index contributed by atoms with van der Waals surface area (Å²) in [6.45, 7) is 6.93. The summed E-state index contributed by atoms with van der Waals surface area (Å²) in [6, 6.07) is -2.14. The second kappa shape index (κ2) is 31.9. The molecule has 0 saturated carbocycles. The van der Waals surface area contributed by atoms with Gasteiger partial charge in [0.2, 0.25) is 5.91 Å². The van der Waals surface area contributed by atoms with E-state index in [1.807, 2.05) is 13.8 Å². The molecule has 4 atom stereocenters. The molecule has 18 heteroatoms. The maximum atomic E-state index is 11.3. The number of amides is 1. The zero-order chi connectivity index (χ0) is 29.4. The van der Waals surface area contributed by atoms with E-state index in [0.717, 1.165) is 6.42 Å². The van der Waals surface area contributed by atoms with E-state index in [1.54, 1.807) is 13.8 Å². The average molecular weight is 891 g/mol. The van der Waals surface area contributed by atoms with Gasteiger partial charge >= 0.3 is 68.4 Å². The first-order valence-corrected chi connectivity index (χ1v) is 22.8. The monoisotopic (exact) mass is 891 g/mol. The van der Waals surface area contributed by atoms with E-state index in [2.05, 4.69) is 52.5 Å². The molecule has 0 aliphatic carbocycles. The first-order valence-electron chi connectivity index (χ1n) is 10.2. The van der Waals surface area contributed by atoms with E-state index in [1.165, 1.54) is 0 Å². The Hall–Kier alpha value is -1.27. The largest absolute Gasteiger partial charge is 0.480 e. The number of aliphatic carboxylic acids is 3. The molecule has 0 rings (SSSR count). The minimum absolute atomic E-state index is 0. The van der Waals surface area contributed by atoms with E-state index in [-0.39, 0.29) is 57.6 Å². The average Bonchev–Trinajstić information content (AvgIpc) is 2.80. The number of hydrogen-bond donors (Lipinski definition) is 9. The number of rotatable bonds is 10. The van der Waals surface area contributed by atoms with E-state index in [0.29, 0.717) is 19.7 Å². The second-order valence-electron chi connectivity index (χ2n) is 6.88. The predicted octanol–water partition coefficient (Wildman–Crippen LogP) is -2.29. The third-order valence-corrected chi connectivity index (χ3v) is 3.91. The Morgan fingerprint density at radius 1 is 0.789 bits per heavy atom. The normalized spacial score (nSPS) is 12.7. The van der Waals surface area contributed by atoms with Gasteiger partial charge in [-0.25, -0.2) is 0 Å². The van der Waals surface area contributed by atoms with Gasteiger partial charge in [-0.1, -0.05) is 42.5 Å². The van der Waals surface area contributed by atoms with Crippen molar-refractivity contribution in [2.24, 2.45) is 50.5 Å². The molecular formula is C20H46I3N8O7-. The van der Waals surface area contributed by atoms with Crippen molar-refractivity contribution in [2.75, 3.05) is 13.1 Å². The smallest absolute Gasteiger partial charge is 0.322 e. The number of carbonyl (C=O) groups is 4. The minimum Gasteiger partial charge on any atom is -0.480 e. The Kier molecular flexibility index (Phi) is 41.7. The number of guanidine groups is 2. The summed E-state index contributed by atoms with van der Waals surface area (Å²) in [5.41, 5.74) is 25.5. The van der Waals surface area contributed by atoms with Crippen LogP contribution in [0.5, 0.6) is 0 Å². The van der Waals surface area contributed by atoms with Gasteiger partial charge in [0, 0.05) is 5.92 Å². The molecule has 38 heavy (non-hydrogen) atoms. The summed E-state index contributed by atoms with van der Waals surface area (Å²) < 4.78 is 0. The van der Waals surface area contributed by atoms with Gasteiger partial charge in [0.25, 0.3) is 0 Å². The molecule has 0 aliphatic heterocycles. The van der Waals surface area contributed by atoms with Gasteiger partial charge < -0.3 is 44.0 Å². The van der Waals surface area contributed by atoms with Crippen LogP contribution in [0.3, 0.4) is 0 Å². The summed E-state index contributed by atoms with van der Waals surface area (Å²) in [5, 5.41) is 27.2. The van der Waals surface area contributed by atoms with E-state index in [9.17, 15) is 19.2 Å². The van der Waals surface area contributed by atoms with Gasteiger partial charge in [-0.3, -0.25) is 34.5 Å². The Morgan fingerprint density at radius 2 is 1.13 bits per heavy atom. The van der Waals surface area contributed by atoms with Crippen LogP contribution >= 0.6 is 37.2 Å². The molecule has 0 radical (unpaired) electrons. The number of hydrogen-bond acceptors (Lipinski definition) is 8. The summed E-state index contributed by atoms with van der Waals surface area (Å²) in [4.78, 5) is 48.7. The molecule has 0 fully saturated rings.